The van der Waals surface area contributed by atoms with E-state index in [1.807, 2.05) is 18.2 Å². The summed E-state index contributed by atoms with van der Waals surface area (Å²) in [7, 11) is 0. The van der Waals surface area contributed by atoms with Gasteiger partial charge in [-0.3, -0.25) is 0 Å². The Morgan fingerprint density at radius 3 is 1.64 bits per heavy atom. The Hall–Kier alpha value is -3.87. The fourth-order valence-electron chi connectivity index (χ4n) is 4.60. The van der Waals surface area contributed by atoms with E-state index >= 15 is 0 Å². The molecule has 0 saturated carbocycles. The van der Waals surface area contributed by atoms with Gasteiger partial charge in [0, 0.05) is 17.1 Å². The molecule has 1 aliphatic rings. The van der Waals surface area contributed by atoms with E-state index in [-0.39, 0.29) is 17.9 Å². The van der Waals surface area contributed by atoms with E-state index in [2.05, 4.69) is 110 Å². The van der Waals surface area contributed by atoms with Crippen molar-refractivity contribution < 1.29 is 9.47 Å². The van der Waals surface area contributed by atoms with E-state index < -0.39 is 0 Å². The van der Waals surface area contributed by atoms with E-state index in [0.717, 1.165) is 39.5 Å². The molecule has 0 bridgehead atoms. The number of aromatic nitrogens is 3. The molecule has 0 fully saturated rings. The van der Waals surface area contributed by atoms with Crippen LogP contribution in [0.5, 0.6) is 11.5 Å². The highest BCUT2D eigenvalue weighted by atomic mass is 16.5. The number of hydrogen-bond donors (Lipinski definition) is 0. The van der Waals surface area contributed by atoms with Crippen LogP contribution in [0.25, 0.3) is 0 Å². The molecule has 1 aliphatic heterocycles. The van der Waals surface area contributed by atoms with Gasteiger partial charge in [0.1, 0.15) is 41.1 Å². The van der Waals surface area contributed by atoms with E-state index in [1.54, 1.807) is 12.7 Å². The minimum Gasteiger partial charge on any atom is -0.488 e. The smallest absolute Gasteiger partial charge is 0.294 e. The Balaban J connectivity index is 1.77. The van der Waals surface area contributed by atoms with Gasteiger partial charge in [0.05, 0.1) is 0 Å². The highest BCUT2D eigenvalue weighted by Crippen LogP contribution is 2.38. The van der Waals surface area contributed by atoms with Crippen molar-refractivity contribution in [2.45, 2.75) is 52.7 Å². The van der Waals surface area contributed by atoms with Gasteiger partial charge in [-0.1, -0.05) is 18.2 Å². The maximum absolute atomic E-state index is 6.27. The predicted octanol–water partition coefficient (Wildman–Crippen LogP) is 4.53. The first-order valence-electron chi connectivity index (χ1n) is 12.2. The van der Waals surface area contributed by atoms with Crippen LogP contribution in [-0.2, 0) is 0 Å². The molecule has 1 aromatic heterocycles. The Kier molecular flexibility index (Phi) is 5.95. The highest BCUT2D eigenvalue weighted by Gasteiger charge is 2.38. The predicted molar refractivity (Wildman–Crippen MR) is 146 cm³/mol. The van der Waals surface area contributed by atoms with Crippen molar-refractivity contribution >= 4 is 40.4 Å². The van der Waals surface area contributed by atoms with Gasteiger partial charge in [0.2, 0.25) is 0 Å². The molecule has 36 heavy (non-hydrogen) atoms. The Labute approximate surface area is 213 Å². The summed E-state index contributed by atoms with van der Waals surface area (Å²) in [6.45, 7) is 12.1. The monoisotopic (exact) mass is 478 g/mol. The van der Waals surface area contributed by atoms with E-state index in [4.69, 9.17) is 9.47 Å². The van der Waals surface area contributed by atoms with Crippen molar-refractivity contribution in [1.82, 2.24) is 15.0 Å². The molecule has 6 nitrogen and oxygen atoms in total. The maximum atomic E-state index is 6.27. The van der Waals surface area contributed by atoms with Gasteiger partial charge in [-0.05, 0) is 101 Å². The first-order valence-corrected chi connectivity index (χ1v) is 12.2. The van der Waals surface area contributed by atoms with Crippen LogP contribution in [0, 0.1) is 0 Å². The SMILES string of the molecule is CC(C)(C)Oc1ccc2c(c1)B(c1ncncn1)c1cc(OC(C)(C)C)ccc1N2c1ccccc1. The van der Waals surface area contributed by atoms with Gasteiger partial charge >= 0.3 is 0 Å². The second-order valence-electron chi connectivity index (χ2n) is 11.0. The van der Waals surface area contributed by atoms with Gasteiger partial charge in [0.25, 0.3) is 6.71 Å². The third-order valence-electron chi connectivity index (χ3n) is 5.74. The molecule has 2 heterocycles. The minimum absolute atomic E-state index is 0.218. The molecule has 0 amide bonds. The van der Waals surface area contributed by atoms with Crippen LogP contribution in [0.15, 0.2) is 79.4 Å². The molecule has 0 N–H and O–H groups in total. The fraction of sp³-hybridized carbons (Fsp3) is 0.276. The number of rotatable bonds is 4. The van der Waals surface area contributed by atoms with Crippen molar-refractivity contribution in [3.05, 3.63) is 79.4 Å². The van der Waals surface area contributed by atoms with Gasteiger partial charge in [-0.25, -0.2) is 15.0 Å². The van der Waals surface area contributed by atoms with Crippen molar-refractivity contribution in [2.24, 2.45) is 0 Å². The zero-order valence-electron chi connectivity index (χ0n) is 21.7. The van der Waals surface area contributed by atoms with E-state index in [9.17, 15) is 0 Å². The number of nitrogens with zero attached hydrogens (tertiary/aromatic N) is 4. The van der Waals surface area contributed by atoms with E-state index in [1.165, 1.54) is 0 Å². The number of para-hydroxylation sites is 1. The number of hydrogen-bond acceptors (Lipinski definition) is 6. The summed E-state index contributed by atoms with van der Waals surface area (Å²) in [6.07, 6.45) is 3.10. The topological polar surface area (TPSA) is 60.4 Å². The van der Waals surface area contributed by atoms with Gasteiger partial charge in [-0.15, -0.1) is 0 Å². The molecule has 0 spiro atoms. The van der Waals surface area contributed by atoms with Crippen LogP contribution in [0.3, 0.4) is 0 Å². The van der Waals surface area contributed by atoms with Gasteiger partial charge < -0.3 is 14.4 Å². The van der Waals surface area contributed by atoms with Crippen molar-refractivity contribution in [3.8, 4) is 11.5 Å². The van der Waals surface area contributed by atoms with Crippen LogP contribution < -0.4 is 31.0 Å². The van der Waals surface area contributed by atoms with Crippen molar-refractivity contribution in [2.75, 3.05) is 4.90 Å². The van der Waals surface area contributed by atoms with Gasteiger partial charge in [0.15, 0.2) is 0 Å². The lowest BCUT2D eigenvalue weighted by molar-refractivity contribution is 0.130. The maximum Gasteiger partial charge on any atom is 0.294 e. The molecule has 4 aromatic rings. The summed E-state index contributed by atoms with van der Waals surface area (Å²) in [4.78, 5) is 15.5. The zero-order valence-corrected chi connectivity index (χ0v) is 21.7. The molecule has 7 heteroatoms. The number of ether oxygens (including phenoxy) is 2. The third kappa shape index (κ3) is 4.92. The quantitative estimate of drug-likeness (QED) is 0.354. The lowest BCUT2D eigenvalue weighted by Crippen LogP contribution is -2.59. The summed E-state index contributed by atoms with van der Waals surface area (Å²) in [5.74, 6) is 1.61. The van der Waals surface area contributed by atoms with Crippen LogP contribution in [0.4, 0.5) is 17.1 Å². The summed E-state index contributed by atoms with van der Waals surface area (Å²) in [5.41, 5.74) is 5.35. The largest absolute Gasteiger partial charge is 0.488 e. The van der Waals surface area contributed by atoms with Crippen LogP contribution >= 0.6 is 0 Å². The number of fused-ring (bicyclic) bond motifs is 2. The molecule has 182 valence electrons. The summed E-state index contributed by atoms with van der Waals surface area (Å²) in [6, 6.07) is 22.9. The standard InChI is InChI=1S/C29H31BN4O2/c1-28(2,3)35-21-12-14-25-23(16-21)30(27-32-18-31-19-33-27)24-17-22(36-29(4,5)6)13-15-26(24)34(25)20-10-8-7-9-11-20/h7-19H,1-6H3. The molecule has 5 rings (SSSR count). The average Bonchev–Trinajstić information content (AvgIpc) is 2.81. The first-order chi connectivity index (χ1) is 17.1. The van der Waals surface area contributed by atoms with Crippen molar-refractivity contribution in [1.29, 1.82) is 0 Å². The number of anilines is 3. The molecular formula is C29H31BN4O2. The summed E-state index contributed by atoms with van der Waals surface area (Å²) < 4.78 is 12.5. The second kappa shape index (κ2) is 8.97. The van der Waals surface area contributed by atoms with Gasteiger partial charge in [-0.2, -0.15) is 0 Å². The Morgan fingerprint density at radius 2 is 1.17 bits per heavy atom. The average molecular weight is 478 g/mol. The number of benzene rings is 3. The molecule has 0 radical (unpaired) electrons. The molecule has 3 aromatic carbocycles. The third-order valence-corrected chi connectivity index (χ3v) is 5.74. The van der Waals surface area contributed by atoms with Crippen LogP contribution in [-0.4, -0.2) is 32.9 Å². The van der Waals surface area contributed by atoms with Crippen LogP contribution in [0.2, 0.25) is 0 Å². The van der Waals surface area contributed by atoms with E-state index in [0.29, 0.717) is 5.72 Å². The lowest BCUT2D eigenvalue weighted by Gasteiger charge is -2.37. The second-order valence-corrected chi connectivity index (χ2v) is 11.0. The molecular weight excluding hydrogens is 447 g/mol. The minimum atomic E-state index is -0.323. The first kappa shape index (κ1) is 23.9. The molecule has 0 atom stereocenters. The van der Waals surface area contributed by atoms with Crippen LogP contribution in [0.1, 0.15) is 41.5 Å². The normalized spacial score (nSPS) is 13.2. The Morgan fingerprint density at radius 1 is 0.667 bits per heavy atom. The summed E-state index contributed by atoms with van der Waals surface area (Å²) in [5, 5.41) is 0. The fourth-order valence-corrected chi connectivity index (χ4v) is 4.60. The Bertz CT molecular complexity index is 1300. The molecule has 0 unspecified atom stereocenters. The zero-order chi connectivity index (χ0) is 25.5. The summed E-state index contributed by atoms with van der Waals surface area (Å²) >= 11 is 0. The lowest BCUT2D eigenvalue weighted by atomic mass is 9.38. The highest BCUT2D eigenvalue weighted by molar-refractivity contribution is 6.97. The van der Waals surface area contributed by atoms with Crippen molar-refractivity contribution in [3.63, 3.8) is 0 Å². The molecule has 0 aliphatic carbocycles. The molecule has 0 saturated heterocycles.